The van der Waals surface area contributed by atoms with Gasteiger partial charge in [0.15, 0.2) is 6.10 Å². The van der Waals surface area contributed by atoms with Crippen molar-refractivity contribution in [2.45, 2.75) is 25.2 Å². The first-order chi connectivity index (χ1) is 13.0. The molecule has 0 bridgehead atoms. The van der Waals surface area contributed by atoms with Gasteiger partial charge >= 0.3 is 17.9 Å². The minimum atomic E-state index is -0.820. The minimum Gasteiger partial charge on any atom is -0.466 e. The number of methoxy groups -OCH3 is 2. The van der Waals surface area contributed by atoms with Crippen molar-refractivity contribution in [3.05, 3.63) is 60.2 Å². The molecule has 0 radical (unpaired) electrons. The van der Waals surface area contributed by atoms with Gasteiger partial charge in [-0.2, -0.15) is 0 Å². The summed E-state index contributed by atoms with van der Waals surface area (Å²) < 4.78 is 20.2. The Morgan fingerprint density at radius 2 is 1.74 bits per heavy atom. The standard InChI is InChI=1S/C20H22O7/c1-24-17(21)10-6-9-15-16(11-12-18(22)25-2)27-20(23)19(15)26-13-14-7-4-3-5-8-14/h3-8,10-12,15-16,19H,9,13H2,1-2H3/b10-6+,12-11+/t15-,16+,19+/m0/s1. The first-order valence-corrected chi connectivity index (χ1v) is 8.41. The van der Waals surface area contributed by atoms with E-state index >= 15 is 0 Å². The summed E-state index contributed by atoms with van der Waals surface area (Å²) in [4.78, 5) is 34.9. The van der Waals surface area contributed by atoms with Crippen LogP contribution in [0.25, 0.3) is 0 Å². The lowest BCUT2D eigenvalue weighted by Gasteiger charge is -2.17. The molecule has 27 heavy (non-hydrogen) atoms. The van der Waals surface area contributed by atoms with Gasteiger partial charge in [0, 0.05) is 18.1 Å². The van der Waals surface area contributed by atoms with E-state index in [9.17, 15) is 14.4 Å². The van der Waals surface area contributed by atoms with Crippen molar-refractivity contribution in [3.8, 4) is 0 Å². The minimum absolute atomic E-state index is 0.241. The predicted molar refractivity (Wildman–Crippen MR) is 95.3 cm³/mol. The highest BCUT2D eigenvalue weighted by Crippen LogP contribution is 2.30. The molecule has 1 aromatic rings. The average molecular weight is 374 g/mol. The molecule has 144 valence electrons. The normalized spacial score (nSPS) is 22.1. The second-order valence-corrected chi connectivity index (χ2v) is 5.83. The summed E-state index contributed by atoms with van der Waals surface area (Å²) in [5, 5.41) is 0. The van der Waals surface area contributed by atoms with Gasteiger partial charge in [0.05, 0.1) is 20.8 Å². The molecule has 7 heteroatoms. The maximum atomic E-state index is 12.3. The summed E-state index contributed by atoms with van der Waals surface area (Å²) in [5.74, 6) is -1.96. The van der Waals surface area contributed by atoms with Crippen molar-refractivity contribution in [1.29, 1.82) is 0 Å². The Morgan fingerprint density at radius 3 is 2.41 bits per heavy atom. The van der Waals surface area contributed by atoms with Crippen LogP contribution in [-0.4, -0.2) is 44.3 Å². The third-order valence-electron chi connectivity index (χ3n) is 4.05. The molecule has 0 saturated carbocycles. The number of hydrogen-bond donors (Lipinski definition) is 0. The molecule has 1 saturated heterocycles. The molecule has 0 spiro atoms. The van der Waals surface area contributed by atoms with Gasteiger partial charge in [0.1, 0.15) is 6.10 Å². The highest BCUT2D eigenvalue weighted by Gasteiger charge is 2.43. The van der Waals surface area contributed by atoms with Crippen molar-refractivity contribution < 1.29 is 33.3 Å². The van der Waals surface area contributed by atoms with Crippen LogP contribution in [0.5, 0.6) is 0 Å². The molecule has 1 heterocycles. The smallest absolute Gasteiger partial charge is 0.336 e. The summed E-state index contributed by atoms with van der Waals surface area (Å²) in [6.45, 7) is 0.241. The molecule has 0 aromatic heterocycles. The van der Waals surface area contributed by atoms with E-state index in [2.05, 4.69) is 9.47 Å². The van der Waals surface area contributed by atoms with Gasteiger partial charge in [-0.3, -0.25) is 0 Å². The summed E-state index contributed by atoms with van der Waals surface area (Å²) >= 11 is 0. The lowest BCUT2D eigenvalue weighted by molar-refractivity contribution is -0.149. The van der Waals surface area contributed by atoms with Gasteiger partial charge in [-0.1, -0.05) is 36.4 Å². The van der Waals surface area contributed by atoms with Crippen LogP contribution in [0.1, 0.15) is 12.0 Å². The molecule has 2 rings (SSSR count). The average Bonchev–Trinajstić information content (AvgIpc) is 2.99. The fourth-order valence-corrected chi connectivity index (χ4v) is 2.66. The largest absolute Gasteiger partial charge is 0.466 e. The van der Waals surface area contributed by atoms with Crippen LogP contribution in [0.4, 0.5) is 0 Å². The van der Waals surface area contributed by atoms with E-state index in [1.165, 1.54) is 32.4 Å². The van der Waals surface area contributed by atoms with E-state index in [4.69, 9.17) is 9.47 Å². The van der Waals surface area contributed by atoms with Crippen LogP contribution in [0, 0.1) is 5.92 Å². The quantitative estimate of drug-likeness (QED) is 0.390. The van der Waals surface area contributed by atoms with Crippen molar-refractivity contribution in [3.63, 3.8) is 0 Å². The summed E-state index contributed by atoms with van der Waals surface area (Å²) in [6, 6.07) is 9.43. The molecular formula is C20H22O7. The van der Waals surface area contributed by atoms with Gasteiger partial charge in [-0.05, 0) is 18.1 Å². The highest BCUT2D eigenvalue weighted by molar-refractivity contribution is 5.83. The van der Waals surface area contributed by atoms with Crippen LogP contribution < -0.4 is 0 Å². The zero-order chi connectivity index (χ0) is 19.6. The Morgan fingerprint density at radius 1 is 1.07 bits per heavy atom. The molecule has 1 aliphatic rings. The second kappa shape index (κ2) is 10.3. The summed E-state index contributed by atoms with van der Waals surface area (Å²) in [7, 11) is 2.54. The zero-order valence-electron chi connectivity index (χ0n) is 15.2. The van der Waals surface area contributed by atoms with E-state index < -0.39 is 36.0 Å². The number of esters is 3. The van der Waals surface area contributed by atoms with Crippen LogP contribution in [0.3, 0.4) is 0 Å². The molecule has 1 aliphatic heterocycles. The van der Waals surface area contributed by atoms with E-state index in [1.807, 2.05) is 30.3 Å². The van der Waals surface area contributed by atoms with Crippen LogP contribution >= 0.6 is 0 Å². The summed E-state index contributed by atoms with van der Waals surface area (Å²) in [6.07, 6.45) is 4.38. The number of hydrogen-bond acceptors (Lipinski definition) is 7. The Bertz CT molecular complexity index is 708. The topological polar surface area (TPSA) is 88.1 Å². The number of cyclic esters (lactones) is 1. The third kappa shape index (κ3) is 6.07. The predicted octanol–water partition coefficient (Wildman–Crippen LogP) is 1.96. The van der Waals surface area contributed by atoms with Gasteiger partial charge in [0.2, 0.25) is 0 Å². The molecule has 0 amide bonds. The Labute approximate surface area is 157 Å². The molecule has 0 N–H and O–H groups in total. The number of carbonyl (C=O) groups is 3. The highest BCUT2D eigenvalue weighted by atomic mass is 16.6. The van der Waals surface area contributed by atoms with E-state index in [0.717, 1.165) is 5.56 Å². The van der Waals surface area contributed by atoms with E-state index in [1.54, 1.807) is 6.08 Å². The molecule has 1 aromatic carbocycles. The van der Waals surface area contributed by atoms with Gasteiger partial charge in [-0.15, -0.1) is 0 Å². The van der Waals surface area contributed by atoms with Gasteiger partial charge in [0.25, 0.3) is 0 Å². The monoisotopic (exact) mass is 374 g/mol. The van der Waals surface area contributed by atoms with Crippen molar-refractivity contribution >= 4 is 17.9 Å². The lowest BCUT2D eigenvalue weighted by atomic mass is 9.94. The molecule has 0 unspecified atom stereocenters. The molecule has 0 aliphatic carbocycles. The Hall–Kier alpha value is -2.93. The molecule has 3 atom stereocenters. The summed E-state index contributed by atoms with van der Waals surface area (Å²) in [5.41, 5.74) is 0.919. The second-order valence-electron chi connectivity index (χ2n) is 5.83. The SMILES string of the molecule is COC(=O)/C=C/C[C@H]1[C@@H](/C=C/C(=O)OC)OC(=O)[C@@H]1OCc1ccccc1. The zero-order valence-corrected chi connectivity index (χ0v) is 15.2. The van der Waals surface area contributed by atoms with Crippen molar-refractivity contribution in [1.82, 2.24) is 0 Å². The third-order valence-corrected chi connectivity index (χ3v) is 4.05. The van der Waals surface area contributed by atoms with Crippen molar-refractivity contribution in [2.75, 3.05) is 14.2 Å². The fourth-order valence-electron chi connectivity index (χ4n) is 2.66. The first-order valence-electron chi connectivity index (χ1n) is 8.41. The Balaban J connectivity index is 2.11. The van der Waals surface area contributed by atoms with E-state index in [0.29, 0.717) is 6.42 Å². The lowest BCUT2D eigenvalue weighted by Crippen LogP contribution is -2.27. The Kier molecular flexibility index (Phi) is 7.76. The molecule has 1 fully saturated rings. The first kappa shape index (κ1) is 20.4. The maximum Gasteiger partial charge on any atom is 0.336 e. The molecular weight excluding hydrogens is 352 g/mol. The number of rotatable bonds is 8. The fraction of sp³-hybridized carbons (Fsp3) is 0.350. The van der Waals surface area contributed by atoms with Crippen LogP contribution in [-0.2, 0) is 39.9 Å². The van der Waals surface area contributed by atoms with E-state index in [-0.39, 0.29) is 6.61 Å². The van der Waals surface area contributed by atoms with Gasteiger partial charge in [-0.25, -0.2) is 14.4 Å². The number of ether oxygens (including phenoxy) is 4. The van der Waals surface area contributed by atoms with Crippen LogP contribution in [0.2, 0.25) is 0 Å². The number of benzene rings is 1. The van der Waals surface area contributed by atoms with Crippen LogP contribution in [0.15, 0.2) is 54.6 Å². The van der Waals surface area contributed by atoms with Gasteiger partial charge < -0.3 is 18.9 Å². The maximum absolute atomic E-state index is 12.3. The number of allylic oxidation sites excluding steroid dienone is 1. The van der Waals surface area contributed by atoms with Crippen molar-refractivity contribution in [2.24, 2.45) is 5.92 Å². The molecule has 7 nitrogen and oxygen atoms in total. The number of carbonyl (C=O) groups excluding carboxylic acids is 3.